The number of carbonyl (C=O) groups excluding carboxylic acids is 1. The van der Waals surface area contributed by atoms with Crippen molar-refractivity contribution in [2.45, 2.75) is 30.7 Å². The molecule has 0 bridgehead atoms. The van der Waals surface area contributed by atoms with Crippen molar-refractivity contribution in [3.05, 3.63) is 53.6 Å². The SMILES string of the molecule is O=C(C=Cc1ccc(O)cc1)c1c(O)cc(O)cc1O[C@H]1O[C@@H](CO)[C@H](O)[C@@H](O)[C@@H]1O. The fraction of sp³-hybridized carbons (Fsp3) is 0.286. The van der Waals surface area contributed by atoms with Gasteiger partial charge in [-0.15, -0.1) is 0 Å². The first-order valence-electron chi connectivity index (χ1n) is 9.26. The van der Waals surface area contributed by atoms with Gasteiger partial charge in [0.2, 0.25) is 6.29 Å². The Balaban J connectivity index is 1.89. The van der Waals surface area contributed by atoms with Gasteiger partial charge in [-0.1, -0.05) is 18.2 Å². The van der Waals surface area contributed by atoms with Gasteiger partial charge in [0.25, 0.3) is 0 Å². The molecule has 166 valence electrons. The van der Waals surface area contributed by atoms with Crippen LogP contribution in [0.4, 0.5) is 0 Å². The number of aliphatic hydroxyl groups is 4. The third-order valence-corrected chi connectivity index (χ3v) is 4.72. The number of aliphatic hydroxyl groups excluding tert-OH is 4. The van der Waals surface area contributed by atoms with E-state index in [1.54, 1.807) is 12.1 Å². The van der Waals surface area contributed by atoms with Gasteiger partial charge < -0.3 is 45.2 Å². The molecule has 0 unspecified atom stereocenters. The highest BCUT2D eigenvalue weighted by Gasteiger charge is 2.45. The summed E-state index contributed by atoms with van der Waals surface area (Å²) in [5, 5.41) is 68.5. The van der Waals surface area contributed by atoms with Gasteiger partial charge in [0, 0.05) is 12.1 Å². The summed E-state index contributed by atoms with van der Waals surface area (Å²) in [5.74, 6) is -2.08. The minimum absolute atomic E-state index is 0.0508. The molecule has 1 fully saturated rings. The van der Waals surface area contributed by atoms with E-state index in [-0.39, 0.29) is 17.1 Å². The van der Waals surface area contributed by atoms with Gasteiger partial charge in [-0.2, -0.15) is 0 Å². The van der Waals surface area contributed by atoms with Crippen molar-refractivity contribution in [3.63, 3.8) is 0 Å². The number of benzene rings is 2. The lowest BCUT2D eigenvalue weighted by molar-refractivity contribution is -0.277. The van der Waals surface area contributed by atoms with Crippen LogP contribution < -0.4 is 4.74 Å². The highest BCUT2D eigenvalue weighted by atomic mass is 16.7. The van der Waals surface area contributed by atoms with E-state index in [0.29, 0.717) is 5.56 Å². The first kappa shape index (κ1) is 22.5. The van der Waals surface area contributed by atoms with Crippen molar-refractivity contribution in [1.29, 1.82) is 0 Å². The second-order valence-electron chi connectivity index (χ2n) is 6.94. The molecule has 3 rings (SSSR count). The zero-order chi connectivity index (χ0) is 22.7. The van der Waals surface area contributed by atoms with Crippen LogP contribution in [0.1, 0.15) is 15.9 Å². The molecule has 0 aliphatic carbocycles. The van der Waals surface area contributed by atoms with E-state index < -0.39 is 54.6 Å². The Morgan fingerprint density at radius 3 is 2.29 bits per heavy atom. The summed E-state index contributed by atoms with van der Waals surface area (Å²) in [6, 6.07) is 7.89. The van der Waals surface area contributed by atoms with Crippen LogP contribution in [0.5, 0.6) is 23.0 Å². The molecule has 31 heavy (non-hydrogen) atoms. The summed E-state index contributed by atoms with van der Waals surface area (Å²) >= 11 is 0. The summed E-state index contributed by atoms with van der Waals surface area (Å²) in [6.45, 7) is -0.683. The third kappa shape index (κ3) is 4.95. The van der Waals surface area contributed by atoms with Crippen LogP contribution in [0, 0.1) is 0 Å². The molecule has 5 atom stereocenters. The first-order valence-corrected chi connectivity index (χ1v) is 9.26. The summed E-state index contributed by atoms with van der Waals surface area (Å²) in [6.07, 6.45) is -5.39. The standard InChI is InChI=1S/C21H22O10/c22-9-16-18(27)19(28)20(29)21(31-16)30-15-8-12(24)7-14(26)17(15)13(25)6-3-10-1-4-11(23)5-2-10/h1-8,16,18-24,26-29H,9H2/t16-,18-,19+,20-,21-/m0/s1. The number of phenols is 3. The third-order valence-electron chi connectivity index (χ3n) is 4.72. The molecule has 2 aromatic carbocycles. The molecular weight excluding hydrogens is 412 g/mol. The molecular formula is C21H22O10. The van der Waals surface area contributed by atoms with E-state index in [1.807, 2.05) is 0 Å². The maximum absolute atomic E-state index is 12.7. The van der Waals surface area contributed by atoms with Crippen LogP contribution in [0.2, 0.25) is 0 Å². The monoisotopic (exact) mass is 434 g/mol. The number of rotatable bonds is 6. The Hall–Kier alpha value is -3.15. The predicted molar refractivity (Wildman–Crippen MR) is 106 cm³/mol. The van der Waals surface area contributed by atoms with Crippen LogP contribution in [-0.4, -0.2) is 78.8 Å². The van der Waals surface area contributed by atoms with Crippen molar-refractivity contribution in [1.82, 2.24) is 0 Å². The van der Waals surface area contributed by atoms with Gasteiger partial charge >= 0.3 is 0 Å². The number of ether oxygens (including phenoxy) is 2. The zero-order valence-corrected chi connectivity index (χ0v) is 16.1. The smallest absolute Gasteiger partial charge is 0.229 e. The van der Waals surface area contributed by atoms with Crippen LogP contribution in [0.15, 0.2) is 42.5 Å². The molecule has 0 amide bonds. The van der Waals surface area contributed by atoms with E-state index in [4.69, 9.17) is 9.47 Å². The number of carbonyl (C=O) groups is 1. The molecule has 1 aliphatic rings. The number of allylic oxidation sites excluding steroid dienone is 1. The molecule has 7 N–H and O–H groups in total. The lowest BCUT2D eigenvalue weighted by atomic mass is 9.99. The molecule has 1 aliphatic heterocycles. The van der Waals surface area contributed by atoms with Crippen LogP contribution in [0.3, 0.4) is 0 Å². The van der Waals surface area contributed by atoms with E-state index in [2.05, 4.69) is 0 Å². The summed E-state index contributed by atoms with van der Waals surface area (Å²) in [7, 11) is 0. The topological polar surface area (TPSA) is 177 Å². The number of hydrogen-bond acceptors (Lipinski definition) is 10. The second-order valence-corrected chi connectivity index (χ2v) is 6.94. The number of hydrogen-bond donors (Lipinski definition) is 7. The van der Waals surface area contributed by atoms with E-state index >= 15 is 0 Å². The minimum atomic E-state index is -1.75. The van der Waals surface area contributed by atoms with Crippen molar-refractivity contribution < 1.29 is 50.0 Å². The fourth-order valence-corrected chi connectivity index (χ4v) is 3.06. The molecule has 0 aromatic heterocycles. The Labute approximate surface area is 176 Å². The molecule has 2 aromatic rings. The highest BCUT2D eigenvalue weighted by molar-refractivity contribution is 6.10. The molecule has 1 heterocycles. The predicted octanol–water partition coefficient (Wildman–Crippen LogP) is -0.122. The van der Waals surface area contributed by atoms with Gasteiger partial charge in [-0.25, -0.2) is 0 Å². The average Bonchev–Trinajstić information content (AvgIpc) is 2.73. The van der Waals surface area contributed by atoms with E-state index in [9.17, 15) is 40.5 Å². The van der Waals surface area contributed by atoms with Crippen LogP contribution >= 0.6 is 0 Å². The zero-order valence-electron chi connectivity index (χ0n) is 16.1. The largest absolute Gasteiger partial charge is 0.508 e. The molecule has 0 spiro atoms. The molecule has 0 radical (unpaired) electrons. The lowest BCUT2D eigenvalue weighted by Gasteiger charge is -2.39. The van der Waals surface area contributed by atoms with Gasteiger partial charge in [0.1, 0.15) is 53.0 Å². The minimum Gasteiger partial charge on any atom is -0.508 e. The number of aromatic hydroxyl groups is 3. The Morgan fingerprint density at radius 2 is 1.65 bits per heavy atom. The van der Waals surface area contributed by atoms with Crippen LogP contribution in [-0.2, 0) is 4.74 Å². The van der Waals surface area contributed by atoms with Crippen LogP contribution in [0.25, 0.3) is 6.08 Å². The quantitative estimate of drug-likeness (QED) is 0.239. The molecule has 1 saturated heterocycles. The summed E-state index contributed by atoms with van der Waals surface area (Å²) in [4.78, 5) is 12.7. The lowest BCUT2D eigenvalue weighted by Crippen LogP contribution is -2.60. The maximum Gasteiger partial charge on any atom is 0.229 e. The van der Waals surface area contributed by atoms with E-state index in [0.717, 1.165) is 18.2 Å². The second kappa shape index (κ2) is 9.33. The van der Waals surface area contributed by atoms with E-state index in [1.165, 1.54) is 18.2 Å². The Bertz CT molecular complexity index is 953. The summed E-state index contributed by atoms with van der Waals surface area (Å²) in [5.41, 5.74) is 0.227. The maximum atomic E-state index is 12.7. The fourth-order valence-electron chi connectivity index (χ4n) is 3.06. The first-order chi connectivity index (χ1) is 14.7. The van der Waals surface area contributed by atoms with Gasteiger partial charge in [0.05, 0.1) is 6.61 Å². The van der Waals surface area contributed by atoms with Crippen molar-refractivity contribution >= 4 is 11.9 Å². The van der Waals surface area contributed by atoms with Gasteiger partial charge in [-0.3, -0.25) is 4.79 Å². The molecule has 10 heteroatoms. The number of ketones is 1. The number of phenolic OH excluding ortho intramolecular Hbond substituents is 3. The van der Waals surface area contributed by atoms with Gasteiger partial charge in [-0.05, 0) is 23.8 Å². The van der Waals surface area contributed by atoms with Gasteiger partial charge in [0.15, 0.2) is 5.78 Å². The van der Waals surface area contributed by atoms with Crippen molar-refractivity contribution in [2.24, 2.45) is 0 Å². The highest BCUT2D eigenvalue weighted by Crippen LogP contribution is 2.36. The summed E-state index contributed by atoms with van der Waals surface area (Å²) < 4.78 is 10.7. The van der Waals surface area contributed by atoms with Crippen molar-refractivity contribution in [3.8, 4) is 23.0 Å². The van der Waals surface area contributed by atoms with Crippen molar-refractivity contribution in [2.75, 3.05) is 6.61 Å². The Kier molecular flexibility index (Phi) is 6.78. The average molecular weight is 434 g/mol. The Morgan fingerprint density at radius 1 is 0.968 bits per heavy atom. The molecule has 0 saturated carbocycles. The normalized spacial score (nSPS) is 26.1. The molecule has 10 nitrogen and oxygen atoms in total.